The zero-order valence-electron chi connectivity index (χ0n) is 17.8. The molecular formula is C23H29ClO7. The van der Waals surface area contributed by atoms with Crippen LogP contribution in [0.15, 0.2) is 30.3 Å². The maximum Gasteiger partial charge on any atom is 0.141 e. The first-order valence-electron chi connectivity index (χ1n) is 10.2. The molecule has 5 atom stereocenters. The van der Waals surface area contributed by atoms with Crippen LogP contribution in [0.1, 0.15) is 35.3 Å². The fourth-order valence-corrected chi connectivity index (χ4v) is 4.26. The Kier molecular flexibility index (Phi) is 7.80. The number of hydrogen-bond acceptors (Lipinski definition) is 7. The highest BCUT2D eigenvalue weighted by Crippen LogP contribution is 2.41. The van der Waals surface area contributed by atoms with Gasteiger partial charge in [0.1, 0.15) is 42.0 Å². The Morgan fingerprint density at radius 2 is 1.74 bits per heavy atom. The van der Waals surface area contributed by atoms with Crippen molar-refractivity contribution in [3.63, 3.8) is 0 Å². The molecule has 0 aromatic heterocycles. The van der Waals surface area contributed by atoms with Crippen LogP contribution in [0.2, 0.25) is 5.02 Å². The molecule has 0 spiro atoms. The molecule has 8 heteroatoms. The molecule has 1 aliphatic rings. The van der Waals surface area contributed by atoms with Gasteiger partial charge < -0.3 is 34.6 Å². The van der Waals surface area contributed by atoms with Gasteiger partial charge in [0.15, 0.2) is 0 Å². The Hall–Kier alpha value is -1.87. The molecule has 1 aliphatic heterocycles. The van der Waals surface area contributed by atoms with Crippen molar-refractivity contribution in [2.75, 3.05) is 20.3 Å². The molecule has 31 heavy (non-hydrogen) atoms. The highest BCUT2D eigenvalue weighted by Gasteiger charge is 2.44. The Morgan fingerprint density at radius 3 is 2.32 bits per heavy atom. The summed E-state index contributed by atoms with van der Waals surface area (Å²) in [6.45, 7) is 3.79. The van der Waals surface area contributed by atoms with Gasteiger partial charge in [0, 0.05) is 0 Å². The minimum absolute atomic E-state index is 0.442. The summed E-state index contributed by atoms with van der Waals surface area (Å²) in [5.74, 6) is 1.22. The van der Waals surface area contributed by atoms with Crippen molar-refractivity contribution in [1.82, 2.24) is 0 Å². The predicted molar refractivity (Wildman–Crippen MR) is 116 cm³/mol. The van der Waals surface area contributed by atoms with Gasteiger partial charge in [-0.25, -0.2) is 0 Å². The summed E-state index contributed by atoms with van der Waals surface area (Å²) >= 11 is 6.62. The minimum Gasteiger partial charge on any atom is -0.495 e. The highest BCUT2D eigenvalue weighted by molar-refractivity contribution is 6.33. The van der Waals surface area contributed by atoms with Crippen molar-refractivity contribution in [3.05, 3.63) is 57.6 Å². The lowest BCUT2D eigenvalue weighted by molar-refractivity contribution is -0.231. The molecular weight excluding hydrogens is 424 g/mol. The van der Waals surface area contributed by atoms with Gasteiger partial charge in [0.05, 0.1) is 25.3 Å². The lowest BCUT2D eigenvalue weighted by Crippen LogP contribution is -2.55. The van der Waals surface area contributed by atoms with Crippen LogP contribution < -0.4 is 9.47 Å². The fraction of sp³-hybridized carbons (Fsp3) is 0.478. The molecule has 2 aromatic carbocycles. The van der Waals surface area contributed by atoms with Crippen LogP contribution in [-0.2, 0) is 11.2 Å². The van der Waals surface area contributed by atoms with Crippen LogP contribution in [0.3, 0.4) is 0 Å². The van der Waals surface area contributed by atoms with E-state index in [4.69, 9.17) is 25.8 Å². The summed E-state index contributed by atoms with van der Waals surface area (Å²) < 4.78 is 16.8. The van der Waals surface area contributed by atoms with Gasteiger partial charge in [-0.15, -0.1) is 0 Å². The van der Waals surface area contributed by atoms with Crippen molar-refractivity contribution in [2.45, 2.75) is 50.8 Å². The van der Waals surface area contributed by atoms with Gasteiger partial charge >= 0.3 is 0 Å². The van der Waals surface area contributed by atoms with Crippen LogP contribution in [0, 0.1) is 6.92 Å². The molecule has 2 aromatic rings. The highest BCUT2D eigenvalue weighted by atomic mass is 35.5. The van der Waals surface area contributed by atoms with Gasteiger partial charge in [-0.2, -0.15) is 0 Å². The molecule has 0 bridgehead atoms. The first-order valence-corrected chi connectivity index (χ1v) is 10.6. The maximum absolute atomic E-state index is 10.6. The minimum atomic E-state index is -1.47. The molecule has 1 heterocycles. The third-order valence-corrected chi connectivity index (χ3v) is 6.03. The lowest BCUT2D eigenvalue weighted by atomic mass is 9.87. The first kappa shape index (κ1) is 23.8. The zero-order chi connectivity index (χ0) is 22.7. The third kappa shape index (κ3) is 4.82. The van der Waals surface area contributed by atoms with Crippen LogP contribution in [0.4, 0.5) is 0 Å². The van der Waals surface area contributed by atoms with E-state index in [2.05, 4.69) is 0 Å². The Bertz CT molecular complexity index is 884. The Labute approximate surface area is 186 Å². The van der Waals surface area contributed by atoms with Crippen molar-refractivity contribution in [1.29, 1.82) is 0 Å². The second-order valence-corrected chi connectivity index (χ2v) is 7.98. The van der Waals surface area contributed by atoms with Crippen molar-refractivity contribution < 1.29 is 34.6 Å². The van der Waals surface area contributed by atoms with E-state index in [0.29, 0.717) is 34.9 Å². The molecule has 4 N–H and O–H groups in total. The molecule has 0 aliphatic carbocycles. The van der Waals surface area contributed by atoms with E-state index in [1.54, 1.807) is 6.92 Å². The number of hydrogen-bond donors (Lipinski definition) is 4. The summed E-state index contributed by atoms with van der Waals surface area (Å²) in [5, 5.41) is 40.9. The topological polar surface area (TPSA) is 109 Å². The monoisotopic (exact) mass is 452 g/mol. The van der Waals surface area contributed by atoms with Crippen LogP contribution >= 0.6 is 11.6 Å². The zero-order valence-corrected chi connectivity index (χ0v) is 18.5. The molecule has 170 valence electrons. The maximum atomic E-state index is 10.6. The van der Waals surface area contributed by atoms with Crippen molar-refractivity contribution in [3.8, 4) is 11.5 Å². The largest absolute Gasteiger partial charge is 0.495 e. The summed E-state index contributed by atoms with van der Waals surface area (Å²) in [4.78, 5) is 0. The van der Waals surface area contributed by atoms with Crippen LogP contribution in [0.5, 0.6) is 11.5 Å². The number of halogens is 1. The smallest absolute Gasteiger partial charge is 0.141 e. The average molecular weight is 453 g/mol. The fourth-order valence-electron chi connectivity index (χ4n) is 3.92. The molecule has 1 fully saturated rings. The third-order valence-electron chi connectivity index (χ3n) is 5.62. The molecule has 0 radical (unpaired) electrons. The number of ether oxygens (including phenoxy) is 3. The number of rotatable bonds is 7. The Balaban J connectivity index is 1.99. The SMILES string of the molecule is CCOc1ccc(Cc2cc([C@@H]3O[C@H](CO)[C@@H](O)[C@H](O)[C@H]3O)c(C)c(OC)c2Cl)cc1. The molecule has 1 saturated heterocycles. The standard InChI is InChI=1S/C23H29ClO7/c1-4-30-15-7-5-13(6-8-15)9-14-10-16(12(2)22(29-3)18(14)24)23-21(28)20(27)19(26)17(11-25)31-23/h5-8,10,17,19-21,23,25-28H,4,9,11H2,1-3H3/t17-,19-,20+,21-,23+/m1/s1. The van der Waals surface area contributed by atoms with Crippen molar-refractivity contribution in [2.24, 2.45) is 0 Å². The number of methoxy groups -OCH3 is 1. The number of benzene rings is 2. The predicted octanol–water partition coefficient (Wildman–Crippen LogP) is 2.16. The first-order chi connectivity index (χ1) is 14.8. The van der Waals surface area contributed by atoms with E-state index >= 15 is 0 Å². The summed E-state index contributed by atoms with van der Waals surface area (Å²) in [6, 6.07) is 9.47. The summed E-state index contributed by atoms with van der Waals surface area (Å²) in [7, 11) is 1.51. The van der Waals surface area contributed by atoms with E-state index in [0.717, 1.165) is 16.9 Å². The number of aliphatic hydroxyl groups is 4. The lowest BCUT2D eigenvalue weighted by Gasteiger charge is -2.41. The van der Waals surface area contributed by atoms with E-state index in [1.807, 2.05) is 37.3 Å². The second-order valence-electron chi connectivity index (χ2n) is 7.60. The quantitative estimate of drug-likeness (QED) is 0.509. The van der Waals surface area contributed by atoms with E-state index in [-0.39, 0.29) is 0 Å². The van der Waals surface area contributed by atoms with E-state index in [9.17, 15) is 20.4 Å². The Morgan fingerprint density at radius 1 is 1.06 bits per heavy atom. The molecule has 0 unspecified atom stereocenters. The van der Waals surface area contributed by atoms with Crippen LogP contribution in [0.25, 0.3) is 0 Å². The molecule has 3 rings (SSSR count). The number of aliphatic hydroxyl groups excluding tert-OH is 4. The second kappa shape index (κ2) is 10.2. The van der Waals surface area contributed by atoms with Crippen molar-refractivity contribution >= 4 is 11.6 Å². The average Bonchev–Trinajstić information content (AvgIpc) is 2.76. The summed E-state index contributed by atoms with van der Waals surface area (Å²) in [5.41, 5.74) is 2.96. The normalized spacial score (nSPS) is 26.0. The van der Waals surface area contributed by atoms with Crippen LogP contribution in [-0.4, -0.2) is 65.2 Å². The molecule has 0 amide bonds. The van der Waals surface area contributed by atoms with E-state index < -0.39 is 37.1 Å². The van der Waals surface area contributed by atoms with E-state index in [1.165, 1.54) is 7.11 Å². The summed E-state index contributed by atoms with van der Waals surface area (Å²) in [6.07, 6.45) is -5.76. The van der Waals surface area contributed by atoms with Gasteiger partial charge in [-0.05, 0) is 54.7 Å². The van der Waals surface area contributed by atoms with Gasteiger partial charge in [-0.3, -0.25) is 0 Å². The van der Waals surface area contributed by atoms with Gasteiger partial charge in [0.25, 0.3) is 0 Å². The molecule has 7 nitrogen and oxygen atoms in total. The van der Waals surface area contributed by atoms with Gasteiger partial charge in [-0.1, -0.05) is 29.8 Å². The molecule has 0 saturated carbocycles. The van der Waals surface area contributed by atoms with Gasteiger partial charge in [0.2, 0.25) is 0 Å².